The molecular formula is C18H17NO4+. The van der Waals surface area contributed by atoms with E-state index in [4.69, 9.17) is 4.84 Å². The van der Waals surface area contributed by atoms with Crippen LogP contribution in [0.3, 0.4) is 0 Å². The summed E-state index contributed by atoms with van der Waals surface area (Å²) in [6.07, 6.45) is 5.21. The number of fused-ring (bicyclic) bond motifs is 1. The molecule has 0 aliphatic carbocycles. The molecule has 0 saturated carbocycles. The highest BCUT2D eigenvalue weighted by Crippen LogP contribution is 2.18. The minimum Gasteiger partial charge on any atom is -0.367 e. The molecule has 0 heterocycles. The van der Waals surface area contributed by atoms with Crippen LogP contribution in [0.2, 0.25) is 0 Å². The van der Waals surface area contributed by atoms with Gasteiger partial charge in [-0.25, -0.2) is 4.79 Å². The summed E-state index contributed by atoms with van der Waals surface area (Å²) in [5.41, 5.74) is 3.67. The van der Waals surface area contributed by atoms with E-state index in [0.717, 1.165) is 16.3 Å². The smallest absolute Gasteiger partial charge is 0.367 e. The molecule has 0 fully saturated rings. The molecule has 5 heteroatoms. The summed E-state index contributed by atoms with van der Waals surface area (Å²) >= 11 is 0. The molecule has 1 N–H and O–H groups in total. The number of allylic oxidation sites excluding steroid dienone is 2. The first kappa shape index (κ1) is 16.5. The molecule has 0 aromatic heterocycles. The quantitative estimate of drug-likeness (QED) is 0.292. The van der Waals surface area contributed by atoms with Gasteiger partial charge in [-0.15, -0.1) is 5.48 Å². The van der Waals surface area contributed by atoms with Gasteiger partial charge in [0.1, 0.15) is 0 Å². The van der Waals surface area contributed by atoms with Crippen LogP contribution in [-0.2, 0) is 25.7 Å². The van der Waals surface area contributed by atoms with Crippen LogP contribution in [0, 0.1) is 0 Å². The maximum absolute atomic E-state index is 11.5. The van der Waals surface area contributed by atoms with Crippen LogP contribution >= 0.6 is 0 Å². The number of carbonyl (C=O) groups is 2. The van der Waals surface area contributed by atoms with Gasteiger partial charge in [-0.1, -0.05) is 48.5 Å². The predicted octanol–water partition coefficient (Wildman–Crippen LogP) is 2.67. The third-order valence-corrected chi connectivity index (χ3v) is 3.09. The summed E-state index contributed by atoms with van der Waals surface area (Å²) in [6, 6.07) is 13.9. The average molecular weight is 311 g/mol. The molecule has 0 bridgehead atoms. The zero-order valence-electron chi connectivity index (χ0n) is 12.7. The van der Waals surface area contributed by atoms with E-state index in [0.29, 0.717) is 6.54 Å². The number of hydroxylamine groups is 1. The SMILES string of the molecule is COC(=[O+])/C=C\C=C/C(=O)ONCc1cccc2ccccc12. The molecule has 0 amide bonds. The first-order valence-electron chi connectivity index (χ1n) is 7.03. The van der Waals surface area contributed by atoms with Crippen molar-refractivity contribution in [2.45, 2.75) is 6.54 Å². The van der Waals surface area contributed by atoms with E-state index in [2.05, 4.69) is 10.2 Å². The van der Waals surface area contributed by atoms with Gasteiger partial charge < -0.3 is 9.57 Å². The Morgan fingerprint density at radius 2 is 1.87 bits per heavy atom. The van der Waals surface area contributed by atoms with Crippen molar-refractivity contribution in [3.05, 3.63) is 72.3 Å². The number of rotatable bonds is 6. The minimum atomic E-state index is -0.556. The maximum atomic E-state index is 11.5. The lowest BCUT2D eigenvalue weighted by Crippen LogP contribution is -2.18. The fourth-order valence-corrected chi connectivity index (χ4v) is 2.00. The molecule has 23 heavy (non-hydrogen) atoms. The zero-order valence-corrected chi connectivity index (χ0v) is 12.7. The summed E-state index contributed by atoms with van der Waals surface area (Å²) in [4.78, 5) is 27.2. The van der Waals surface area contributed by atoms with E-state index < -0.39 is 11.9 Å². The first-order chi connectivity index (χ1) is 11.2. The van der Waals surface area contributed by atoms with Crippen LogP contribution in [0.25, 0.3) is 10.8 Å². The van der Waals surface area contributed by atoms with Crippen molar-refractivity contribution in [1.29, 1.82) is 0 Å². The molecule has 5 nitrogen and oxygen atoms in total. The molecule has 0 saturated heterocycles. The Hall–Kier alpha value is -2.92. The number of methoxy groups -OCH3 is 1. The molecule has 2 rings (SSSR count). The number of ether oxygens (including phenoxy) is 1. The highest BCUT2D eigenvalue weighted by Gasteiger charge is 2.05. The molecule has 0 spiro atoms. The van der Waals surface area contributed by atoms with Gasteiger partial charge in [-0.05, 0) is 22.4 Å². The van der Waals surface area contributed by atoms with E-state index in [1.54, 1.807) is 0 Å². The summed E-state index contributed by atoms with van der Waals surface area (Å²) in [7, 11) is 1.28. The number of nitrogens with one attached hydrogen (secondary N) is 1. The largest absolute Gasteiger partial charge is 0.599 e. The number of carbonyl (C=O) groups excluding carboxylic acids is 2. The number of benzene rings is 2. The lowest BCUT2D eigenvalue weighted by atomic mass is 10.1. The Bertz CT molecular complexity index is 744. The van der Waals surface area contributed by atoms with Gasteiger partial charge in [0.2, 0.25) is 0 Å². The normalized spacial score (nSPS) is 11.2. The van der Waals surface area contributed by atoms with Crippen molar-refractivity contribution >= 4 is 22.7 Å². The molecular weight excluding hydrogens is 294 g/mol. The van der Waals surface area contributed by atoms with Crippen LogP contribution < -0.4 is 5.48 Å². The van der Waals surface area contributed by atoms with Gasteiger partial charge in [0.25, 0.3) is 0 Å². The fraction of sp³-hybridized carbons (Fsp3) is 0.111. The summed E-state index contributed by atoms with van der Waals surface area (Å²) in [6.45, 7) is 0.402. The van der Waals surface area contributed by atoms with Gasteiger partial charge in [-0.2, -0.15) is 0 Å². The number of hydrogen-bond acceptors (Lipinski definition) is 5. The van der Waals surface area contributed by atoms with Crippen LogP contribution in [0.1, 0.15) is 5.56 Å². The number of esters is 1. The van der Waals surface area contributed by atoms with Gasteiger partial charge in [-0.3, -0.25) is 0 Å². The van der Waals surface area contributed by atoms with E-state index in [1.165, 1.54) is 31.4 Å². The van der Waals surface area contributed by atoms with Crippen molar-refractivity contribution < 1.29 is 19.2 Å². The maximum Gasteiger partial charge on any atom is 0.599 e. The molecule has 0 aliphatic heterocycles. The molecule has 0 atom stereocenters. The zero-order chi connectivity index (χ0) is 16.5. The van der Waals surface area contributed by atoms with Crippen molar-refractivity contribution in [2.75, 3.05) is 7.11 Å². The molecule has 117 valence electrons. The molecule has 2 aromatic carbocycles. The fourth-order valence-electron chi connectivity index (χ4n) is 2.00. The average Bonchev–Trinajstić information content (AvgIpc) is 2.58. The second-order valence-corrected chi connectivity index (χ2v) is 4.62. The highest BCUT2D eigenvalue weighted by molar-refractivity contribution is 5.86. The van der Waals surface area contributed by atoms with Gasteiger partial charge in [0, 0.05) is 6.08 Å². The molecule has 0 aliphatic rings. The molecule has 0 unspecified atom stereocenters. The van der Waals surface area contributed by atoms with Crippen molar-refractivity contribution in [1.82, 2.24) is 5.48 Å². The van der Waals surface area contributed by atoms with Crippen LogP contribution in [-0.4, -0.2) is 19.0 Å². The standard InChI is InChI=1S/C18H17NO4/c1-22-17(20)11-4-5-12-18(21)23-19-13-15-9-6-8-14-7-2-3-10-16(14)15/h2-12,19H,13H2,1H3/q+1/b11-4-,12-5-. The second kappa shape index (κ2) is 8.51. The summed E-state index contributed by atoms with van der Waals surface area (Å²) in [5, 5.41) is 2.24. The molecule has 2 aromatic rings. The predicted molar refractivity (Wildman–Crippen MR) is 87.2 cm³/mol. The Morgan fingerprint density at radius 3 is 2.70 bits per heavy atom. The Labute approximate surface area is 134 Å². The van der Waals surface area contributed by atoms with E-state index in [1.807, 2.05) is 42.5 Å². The van der Waals surface area contributed by atoms with Gasteiger partial charge in [0.15, 0.2) is 7.11 Å². The third kappa shape index (κ3) is 5.09. The van der Waals surface area contributed by atoms with Crippen molar-refractivity contribution in [2.24, 2.45) is 0 Å². The van der Waals surface area contributed by atoms with Crippen molar-refractivity contribution in [3.63, 3.8) is 0 Å². The second-order valence-electron chi connectivity index (χ2n) is 4.62. The summed E-state index contributed by atoms with van der Waals surface area (Å²) < 4.78 is 4.42. The topological polar surface area (TPSA) is 67.5 Å². The number of hydrogen-bond donors (Lipinski definition) is 1. The van der Waals surface area contributed by atoms with Crippen LogP contribution in [0.4, 0.5) is 0 Å². The van der Waals surface area contributed by atoms with E-state index in [-0.39, 0.29) is 0 Å². The highest BCUT2D eigenvalue weighted by atomic mass is 16.7. The van der Waals surface area contributed by atoms with Crippen LogP contribution in [0.15, 0.2) is 66.8 Å². The monoisotopic (exact) mass is 311 g/mol. The minimum absolute atomic E-state index is 0.402. The summed E-state index contributed by atoms with van der Waals surface area (Å²) in [5.74, 6) is -1.04. The lowest BCUT2D eigenvalue weighted by molar-refractivity contribution is -0.145. The Balaban J connectivity index is 1.84. The van der Waals surface area contributed by atoms with E-state index >= 15 is 0 Å². The van der Waals surface area contributed by atoms with Gasteiger partial charge in [0.05, 0.1) is 17.4 Å². The third-order valence-electron chi connectivity index (χ3n) is 3.09. The Kier molecular flexibility index (Phi) is 6.08. The first-order valence-corrected chi connectivity index (χ1v) is 7.03. The lowest BCUT2D eigenvalue weighted by Gasteiger charge is -2.07. The molecule has 1 radical (unpaired) electrons. The van der Waals surface area contributed by atoms with Gasteiger partial charge >= 0.3 is 11.9 Å². The van der Waals surface area contributed by atoms with Crippen molar-refractivity contribution in [3.8, 4) is 0 Å². The Morgan fingerprint density at radius 1 is 1.13 bits per heavy atom. The van der Waals surface area contributed by atoms with Crippen LogP contribution in [0.5, 0.6) is 0 Å². The van der Waals surface area contributed by atoms with E-state index in [9.17, 15) is 9.59 Å².